The minimum atomic E-state index is -0.674. The van der Waals surface area contributed by atoms with E-state index in [1.165, 1.54) is 148 Å². The summed E-state index contributed by atoms with van der Waals surface area (Å²) < 4.78 is 5.45. The van der Waals surface area contributed by atoms with Crippen molar-refractivity contribution in [2.75, 3.05) is 13.2 Å². The molecule has 1 amide bonds. The third-order valence-electron chi connectivity index (χ3n) is 12.1. The first-order valence-corrected chi connectivity index (χ1v) is 26.9. The van der Waals surface area contributed by atoms with Crippen molar-refractivity contribution in [1.29, 1.82) is 0 Å². The fourth-order valence-electron chi connectivity index (χ4n) is 7.93. The van der Waals surface area contributed by atoms with Gasteiger partial charge in [0, 0.05) is 12.8 Å². The zero-order valence-electron chi connectivity index (χ0n) is 41.1. The zero-order chi connectivity index (χ0) is 45.1. The monoisotopic (exact) mass is 870 g/mol. The van der Waals surface area contributed by atoms with Gasteiger partial charge in [0.25, 0.3) is 0 Å². The second-order valence-corrected chi connectivity index (χ2v) is 18.2. The molecule has 3 N–H and O–H groups in total. The molecule has 362 valence electrons. The molecular formula is C56H103NO5. The standard InChI is InChI=1S/C56H103NO5/c1-3-5-7-9-11-13-15-16-17-18-21-24-27-30-34-38-42-46-50-56(61)62-51-47-43-39-35-31-28-25-22-19-20-23-26-29-33-37-41-45-49-55(60)57-53(52-58)54(59)48-44-40-36-32-14-12-10-8-6-4-2/h13,15,17-19,22,28,31,53-54,58-59H,3-12,14,16,20-21,23-27,29-30,32-52H2,1-2H3,(H,57,60)/b15-13-,18-17-,22-19-,31-28-. The van der Waals surface area contributed by atoms with Crippen LogP contribution in [0.25, 0.3) is 0 Å². The third-order valence-corrected chi connectivity index (χ3v) is 12.1. The first kappa shape index (κ1) is 59.8. The molecule has 62 heavy (non-hydrogen) atoms. The summed E-state index contributed by atoms with van der Waals surface area (Å²) in [6.45, 7) is 4.86. The minimum Gasteiger partial charge on any atom is -0.466 e. The number of ether oxygens (including phenoxy) is 1. The van der Waals surface area contributed by atoms with E-state index in [0.717, 1.165) is 89.9 Å². The lowest BCUT2D eigenvalue weighted by molar-refractivity contribution is -0.143. The van der Waals surface area contributed by atoms with Crippen LogP contribution in [0.3, 0.4) is 0 Å². The first-order valence-electron chi connectivity index (χ1n) is 26.9. The molecule has 0 saturated heterocycles. The van der Waals surface area contributed by atoms with Gasteiger partial charge < -0.3 is 20.3 Å². The number of unbranched alkanes of at least 4 members (excludes halogenated alkanes) is 30. The maximum absolute atomic E-state index is 12.4. The summed E-state index contributed by atoms with van der Waals surface area (Å²) in [5, 5.41) is 23.1. The molecule has 6 nitrogen and oxygen atoms in total. The van der Waals surface area contributed by atoms with Gasteiger partial charge in [0.2, 0.25) is 5.91 Å². The Hall–Kier alpha value is -2.18. The van der Waals surface area contributed by atoms with Gasteiger partial charge in [-0.25, -0.2) is 0 Å². The number of esters is 1. The predicted molar refractivity (Wildman–Crippen MR) is 269 cm³/mol. The summed E-state index contributed by atoms with van der Waals surface area (Å²) in [4.78, 5) is 24.4. The predicted octanol–water partition coefficient (Wildman–Crippen LogP) is 16.2. The Morgan fingerprint density at radius 2 is 0.806 bits per heavy atom. The lowest BCUT2D eigenvalue weighted by Crippen LogP contribution is -2.45. The smallest absolute Gasteiger partial charge is 0.305 e. The SMILES string of the molecule is CCCCCC/C=C\C/C=C\CCCCCCCCCC(=O)OCCCCC/C=C\C/C=C\CCCCCCCCCC(=O)NC(CO)C(O)CCCCCCCCCCCC. The fraction of sp³-hybridized carbons (Fsp3) is 0.821. The van der Waals surface area contributed by atoms with Gasteiger partial charge in [-0.2, -0.15) is 0 Å². The summed E-state index contributed by atoms with van der Waals surface area (Å²) in [6, 6.07) is -0.553. The van der Waals surface area contributed by atoms with Crippen molar-refractivity contribution in [1.82, 2.24) is 5.32 Å². The van der Waals surface area contributed by atoms with E-state index in [-0.39, 0.29) is 18.5 Å². The molecule has 0 aliphatic rings. The zero-order valence-corrected chi connectivity index (χ0v) is 41.1. The Balaban J connectivity index is 3.49. The summed E-state index contributed by atoms with van der Waals surface area (Å²) in [5.41, 5.74) is 0. The number of nitrogens with one attached hydrogen (secondary N) is 1. The van der Waals surface area contributed by atoms with Crippen molar-refractivity contribution >= 4 is 11.9 Å². The average Bonchev–Trinajstić information content (AvgIpc) is 3.27. The van der Waals surface area contributed by atoms with Crippen LogP contribution in [0.2, 0.25) is 0 Å². The summed E-state index contributed by atoms with van der Waals surface area (Å²) in [6.07, 6.45) is 63.8. The Morgan fingerprint density at radius 1 is 0.452 bits per heavy atom. The Bertz CT molecular complexity index is 1050. The molecule has 0 fully saturated rings. The highest BCUT2D eigenvalue weighted by atomic mass is 16.5. The molecule has 6 heteroatoms. The van der Waals surface area contributed by atoms with Gasteiger partial charge in [-0.15, -0.1) is 0 Å². The average molecular weight is 870 g/mol. The third kappa shape index (κ3) is 47.3. The quantitative estimate of drug-likeness (QED) is 0.0322. The van der Waals surface area contributed by atoms with E-state index in [2.05, 4.69) is 67.8 Å². The van der Waals surface area contributed by atoms with Crippen LogP contribution < -0.4 is 5.32 Å². The molecule has 0 aromatic rings. The van der Waals surface area contributed by atoms with Crippen LogP contribution in [0.5, 0.6) is 0 Å². The molecule has 0 bridgehead atoms. The summed E-state index contributed by atoms with van der Waals surface area (Å²) in [7, 11) is 0. The van der Waals surface area contributed by atoms with Crippen LogP contribution in [0, 0.1) is 0 Å². The number of carbonyl (C=O) groups is 2. The van der Waals surface area contributed by atoms with Crippen molar-refractivity contribution in [2.24, 2.45) is 0 Å². The maximum atomic E-state index is 12.4. The number of amides is 1. The molecule has 0 saturated carbocycles. The van der Waals surface area contributed by atoms with Crippen molar-refractivity contribution in [2.45, 2.75) is 283 Å². The second-order valence-electron chi connectivity index (χ2n) is 18.2. The van der Waals surface area contributed by atoms with E-state index in [9.17, 15) is 19.8 Å². The molecule has 0 aromatic carbocycles. The van der Waals surface area contributed by atoms with E-state index in [0.29, 0.717) is 25.9 Å². The first-order chi connectivity index (χ1) is 30.5. The summed E-state index contributed by atoms with van der Waals surface area (Å²) >= 11 is 0. The van der Waals surface area contributed by atoms with Crippen molar-refractivity contribution in [3.05, 3.63) is 48.6 Å². The van der Waals surface area contributed by atoms with Crippen LogP contribution >= 0.6 is 0 Å². The number of aliphatic hydroxyl groups is 2. The lowest BCUT2D eigenvalue weighted by atomic mass is 10.0. The molecule has 0 aromatic heterocycles. The summed E-state index contributed by atoms with van der Waals surface area (Å²) in [5.74, 6) is -0.0780. The van der Waals surface area contributed by atoms with Gasteiger partial charge >= 0.3 is 5.97 Å². The van der Waals surface area contributed by atoms with Gasteiger partial charge in [-0.05, 0) is 96.3 Å². The van der Waals surface area contributed by atoms with Crippen molar-refractivity contribution in [3.63, 3.8) is 0 Å². The Morgan fingerprint density at radius 3 is 1.24 bits per heavy atom. The minimum absolute atomic E-state index is 0.0237. The number of hydrogen-bond acceptors (Lipinski definition) is 5. The largest absolute Gasteiger partial charge is 0.466 e. The molecule has 0 rings (SSSR count). The van der Waals surface area contributed by atoms with E-state index in [1.807, 2.05) is 0 Å². The van der Waals surface area contributed by atoms with Gasteiger partial charge in [-0.1, -0.05) is 210 Å². The number of rotatable bonds is 49. The number of allylic oxidation sites excluding steroid dienone is 8. The van der Waals surface area contributed by atoms with Gasteiger partial charge in [-0.3, -0.25) is 9.59 Å². The highest BCUT2D eigenvalue weighted by molar-refractivity contribution is 5.76. The number of hydrogen-bond donors (Lipinski definition) is 3. The molecule has 0 radical (unpaired) electrons. The van der Waals surface area contributed by atoms with E-state index < -0.39 is 12.1 Å². The molecule has 2 atom stereocenters. The topological polar surface area (TPSA) is 95.9 Å². The fourth-order valence-corrected chi connectivity index (χ4v) is 7.93. The van der Waals surface area contributed by atoms with Crippen LogP contribution in [0.1, 0.15) is 271 Å². The van der Waals surface area contributed by atoms with Gasteiger partial charge in [0.15, 0.2) is 0 Å². The second kappa shape index (κ2) is 51.5. The van der Waals surface area contributed by atoms with E-state index in [4.69, 9.17) is 4.74 Å². The molecular weight excluding hydrogens is 767 g/mol. The molecule has 0 aliphatic heterocycles. The maximum Gasteiger partial charge on any atom is 0.305 e. The normalized spacial score (nSPS) is 13.0. The molecule has 0 aliphatic carbocycles. The highest BCUT2D eigenvalue weighted by Gasteiger charge is 2.20. The Kier molecular flexibility index (Phi) is 49.6. The highest BCUT2D eigenvalue weighted by Crippen LogP contribution is 2.15. The molecule has 0 heterocycles. The van der Waals surface area contributed by atoms with Gasteiger partial charge in [0.1, 0.15) is 0 Å². The van der Waals surface area contributed by atoms with E-state index >= 15 is 0 Å². The number of aliphatic hydroxyl groups excluding tert-OH is 2. The van der Waals surface area contributed by atoms with Crippen LogP contribution in [-0.4, -0.2) is 47.4 Å². The van der Waals surface area contributed by atoms with Crippen LogP contribution in [0.15, 0.2) is 48.6 Å². The molecule has 2 unspecified atom stereocenters. The van der Waals surface area contributed by atoms with Crippen molar-refractivity contribution in [3.8, 4) is 0 Å². The van der Waals surface area contributed by atoms with E-state index in [1.54, 1.807) is 0 Å². The van der Waals surface area contributed by atoms with Crippen LogP contribution in [-0.2, 0) is 14.3 Å². The Labute approximate surface area is 385 Å². The van der Waals surface area contributed by atoms with Gasteiger partial charge in [0.05, 0.1) is 25.4 Å². The lowest BCUT2D eigenvalue weighted by Gasteiger charge is -2.22. The van der Waals surface area contributed by atoms with Crippen molar-refractivity contribution < 1.29 is 24.5 Å². The van der Waals surface area contributed by atoms with Crippen LogP contribution in [0.4, 0.5) is 0 Å². The number of carbonyl (C=O) groups excluding carboxylic acids is 2. The molecule has 0 spiro atoms.